The molecular formula is C9H15N5O3. The minimum absolute atomic E-state index is 0.0578. The number of aromatic nitrogens is 3. The van der Waals surface area contributed by atoms with Crippen molar-refractivity contribution in [2.45, 2.75) is 26.3 Å². The van der Waals surface area contributed by atoms with Gasteiger partial charge in [-0.3, -0.25) is 14.7 Å². The van der Waals surface area contributed by atoms with E-state index in [-0.39, 0.29) is 11.8 Å². The molecule has 1 aromatic rings. The number of nitrogens with one attached hydrogen (secondary N) is 1. The fourth-order valence-corrected chi connectivity index (χ4v) is 1.25. The molecule has 0 saturated carbocycles. The average Bonchev–Trinajstić information content (AvgIpc) is 2.58. The number of aliphatic carboxylic acids is 1. The first-order chi connectivity index (χ1) is 7.71. The van der Waals surface area contributed by atoms with E-state index in [0.29, 0.717) is 0 Å². The number of anilines is 1. The number of carbonyl (C=O) groups excluding carboxylic acids is 1. The number of hydrogen-bond acceptors (Lipinski definition) is 5. The van der Waals surface area contributed by atoms with E-state index in [4.69, 9.17) is 10.8 Å². The third-order valence-electron chi connectivity index (χ3n) is 2.05. The predicted molar refractivity (Wildman–Crippen MR) is 59.2 cm³/mol. The summed E-state index contributed by atoms with van der Waals surface area (Å²) in [6.07, 6.45) is 0. The molecule has 0 bridgehead atoms. The summed E-state index contributed by atoms with van der Waals surface area (Å²) in [7, 11) is 0. The molecule has 0 aliphatic heterocycles. The Morgan fingerprint density at radius 3 is 2.41 bits per heavy atom. The predicted octanol–water partition coefficient (Wildman–Crippen LogP) is -0.288. The van der Waals surface area contributed by atoms with Gasteiger partial charge in [-0.15, -0.1) is 5.10 Å². The largest absolute Gasteiger partial charge is 0.480 e. The quantitative estimate of drug-likeness (QED) is 0.667. The molecule has 0 radical (unpaired) electrons. The highest BCUT2D eigenvalue weighted by Gasteiger charge is 2.30. The molecule has 0 spiro atoms. The van der Waals surface area contributed by atoms with E-state index < -0.39 is 24.0 Å². The maximum absolute atomic E-state index is 12.0. The Kier molecular flexibility index (Phi) is 3.35. The summed E-state index contributed by atoms with van der Waals surface area (Å²) in [6.45, 7) is 4.78. The van der Waals surface area contributed by atoms with Crippen molar-refractivity contribution >= 4 is 17.8 Å². The second-order valence-corrected chi connectivity index (χ2v) is 4.50. The number of nitrogens with zero attached hydrogens (tertiary/aromatic N) is 3. The summed E-state index contributed by atoms with van der Waals surface area (Å²) >= 11 is 0. The Morgan fingerprint density at radius 2 is 2.06 bits per heavy atom. The standard InChI is InChI=1S/C9H15N5O3/c1-9(2,3)14(4-5(15)16)7(17)6-11-8(10)13-12-6/h4H2,1-3H3,(H,15,16)(H3,10,11,12,13). The lowest BCUT2D eigenvalue weighted by molar-refractivity contribution is -0.138. The molecular weight excluding hydrogens is 226 g/mol. The number of aromatic amines is 1. The van der Waals surface area contributed by atoms with Crippen LogP contribution in [0.15, 0.2) is 0 Å². The van der Waals surface area contributed by atoms with Gasteiger partial charge in [0.1, 0.15) is 6.54 Å². The van der Waals surface area contributed by atoms with E-state index in [1.165, 1.54) is 4.90 Å². The zero-order chi connectivity index (χ0) is 13.2. The second kappa shape index (κ2) is 4.40. The monoisotopic (exact) mass is 241 g/mol. The smallest absolute Gasteiger partial charge is 0.323 e. The van der Waals surface area contributed by atoms with E-state index in [0.717, 1.165) is 0 Å². The van der Waals surface area contributed by atoms with Crippen LogP contribution in [-0.2, 0) is 4.79 Å². The van der Waals surface area contributed by atoms with Crippen molar-refractivity contribution in [3.8, 4) is 0 Å². The minimum atomic E-state index is -1.10. The minimum Gasteiger partial charge on any atom is -0.480 e. The molecule has 0 atom stereocenters. The summed E-state index contributed by atoms with van der Waals surface area (Å²) in [6, 6.07) is 0. The van der Waals surface area contributed by atoms with Crippen LogP contribution in [0.3, 0.4) is 0 Å². The lowest BCUT2D eigenvalue weighted by Crippen LogP contribution is -2.48. The molecule has 17 heavy (non-hydrogen) atoms. The summed E-state index contributed by atoms with van der Waals surface area (Å²) in [5.74, 6) is -1.78. The van der Waals surface area contributed by atoms with Gasteiger partial charge in [0, 0.05) is 5.54 Å². The summed E-state index contributed by atoms with van der Waals surface area (Å²) in [4.78, 5) is 27.6. The van der Waals surface area contributed by atoms with E-state index in [9.17, 15) is 9.59 Å². The van der Waals surface area contributed by atoms with Crippen LogP contribution in [0, 0.1) is 0 Å². The Labute approximate surface area is 97.8 Å². The molecule has 0 saturated heterocycles. The Morgan fingerprint density at radius 1 is 1.47 bits per heavy atom. The van der Waals surface area contributed by atoms with Gasteiger partial charge in [0.15, 0.2) is 0 Å². The maximum atomic E-state index is 12.0. The second-order valence-electron chi connectivity index (χ2n) is 4.50. The first kappa shape index (κ1) is 12.9. The molecule has 94 valence electrons. The van der Waals surface area contributed by atoms with Gasteiger partial charge in [-0.2, -0.15) is 4.98 Å². The number of nitrogen functional groups attached to an aromatic ring is 1. The van der Waals surface area contributed by atoms with Crippen LogP contribution in [0.25, 0.3) is 0 Å². The molecule has 1 aromatic heterocycles. The van der Waals surface area contributed by atoms with Gasteiger partial charge < -0.3 is 15.7 Å². The third kappa shape index (κ3) is 3.16. The van der Waals surface area contributed by atoms with Crippen LogP contribution in [0.1, 0.15) is 31.4 Å². The number of amides is 1. The zero-order valence-corrected chi connectivity index (χ0v) is 9.89. The van der Waals surface area contributed by atoms with Crippen molar-refractivity contribution in [3.63, 3.8) is 0 Å². The fraction of sp³-hybridized carbons (Fsp3) is 0.556. The van der Waals surface area contributed by atoms with Crippen molar-refractivity contribution < 1.29 is 14.7 Å². The molecule has 0 fully saturated rings. The number of nitrogens with two attached hydrogens (primary N) is 1. The molecule has 1 heterocycles. The van der Waals surface area contributed by atoms with Crippen molar-refractivity contribution in [1.82, 2.24) is 20.1 Å². The van der Waals surface area contributed by atoms with Gasteiger partial charge in [0.25, 0.3) is 5.91 Å². The van der Waals surface area contributed by atoms with Crippen LogP contribution >= 0.6 is 0 Å². The van der Waals surface area contributed by atoms with Gasteiger partial charge in [0.2, 0.25) is 11.8 Å². The molecule has 0 unspecified atom stereocenters. The van der Waals surface area contributed by atoms with Gasteiger partial charge >= 0.3 is 5.97 Å². The van der Waals surface area contributed by atoms with E-state index >= 15 is 0 Å². The Balaban J connectivity index is 2.99. The first-order valence-electron chi connectivity index (χ1n) is 4.93. The Hall–Kier alpha value is -2.12. The molecule has 0 aliphatic rings. The lowest BCUT2D eigenvalue weighted by Gasteiger charge is -2.33. The van der Waals surface area contributed by atoms with Crippen molar-refractivity contribution in [2.75, 3.05) is 12.3 Å². The van der Waals surface area contributed by atoms with Crippen molar-refractivity contribution in [1.29, 1.82) is 0 Å². The number of H-pyrrole nitrogens is 1. The SMILES string of the molecule is CC(C)(C)N(CC(=O)O)C(=O)c1nc(N)n[nH]1. The molecule has 0 aromatic carbocycles. The zero-order valence-electron chi connectivity index (χ0n) is 9.89. The highest BCUT2D eigenvalue weighted by Crippen LogP contribution is 2.15. The molecule has 1 amide bonds. The highest BCUT2D eigenvalue weighted by atomic mass is 16.4. The van der Waals surface area contributed by atoms with Crippen LogP contribution in [-0.4, -0.2) is 49.1 Å². The Bertz CT molecular complexity index is 434. The normalized spacial score (nSPS) is 11.2. The number of carbonyl (C=O) groups is 2. The lowest BCUT2D eigenvalue weighted by atomic mass is 10.1. The van der Waals surface area contributed by atoms with Gasteiger partial charge in [-0.05, 0) is 20.8 Å². The third-order valence-corrected chi connectivity index (χ3v) is 2.05. The van der Waals surface area contributed by atoms with Gasteiger partial charge in [0.05, 0.1) is 0 Å². The molecule has 8 heteroatoms. The number of rotatable bonds is 3. The molecule has 1 rings (SSSR count). The van der Waals surface area contributed by atoms with Crippen molar-refractivity contribution in [2.24, 2.45) is 0 Å². The number of carboxylic acids is 1. The van der Waals surface area contributed by atoms with E-state index in [2.05, 4.69) is 15.2 Å². The first-order valence-corrected chi connectivity index (χ1v) is 4.93. The van der Waals surface area contributed by atoms with E-state index in [1.807, 2.05) is 0 Å². The van der Waals surface area contributed by atoms with Crippen molar-refractivity contribution in [3.05, 3.63) is 5.82 Å². The van der Waals surface area contributed by atoms with Gasteiger partial charge in [-0.1, -0.05) is 0 Å². The topological polar surface area (TPSA) is 125 Å². The molecule has 0 aliphatic carbocycles. The molecule has 4 N–H and O–H groups in total. The number of hydrogen-bond donors (Lipinski definition) is 3. The van der Waals surface area contributed by atoms with Crippen LogP contribution in [0.2, 0.25) is 0 Å². The average molecular weight is 241 g/mol. The number of carboxylic acid groups (broad SMARTS) is 1. The summed E-state index contributed by atoms with van der Waals surface area (Å²) < 4.78 is 0. The maximum Gasteiger partial charge on any atom is 0.323 e. The van der Waals surface area contributed by atoms with Gasteiger partial charge in [-0.25, -0.2) is 0 Å². The summed E-state index contributed by atoms with van der Waals surface area (Å²) in [5, 5.41) is 14.7. The highest BCUT2D eigenvalue weighted by molar-refractivity contribution is 5.93. The molecule has 8 nitrogen and oxygen atoms in total. The van der Waals surface area contributed by atoms with E-state index in [1.54, 1.807) is 20.8 Å². The fourth-order valence-electron chi connectivity index (χ4n) is 1.25. The van der Waals surface area contributed by atoms with Crippen LogP contribution in [0.4, 0.5) is 5.95 Å². The van der Waals surface area contributed by atoms with Crippen LogP contribution in [0.5, 0.6) is 0 Å². The summed E-state index contributed by atoms with van der Waals surface area (Å²) in [5.41, 5.74) is 4.64. The van der Waals surface area contributed by atoms with Crippen LogP contribution < -0.4 is 5.73 Å².